The number of anilines is 2. The molecule has 2 N–H and O–H groups in total. The fourth-order valence-corrected chi connectivity index (χ4v) is 6.00. The summed E-state index contributed by atoms with van der Waals surface area (Å²) in [7, 11) is -0.654. The summed E-state index contributed by atoms with van der Waals surface area (Å²) in [4.78, 5) is -0.915. The van der Waals surface area contributed by atoms with Crippen molar-refractivity contribution in [3.63, 3.8) is 0 Å². The summed E-state index contributed by atoms with van der Waals surface area (Å²) >= 11 is 0. The maximum absolute atomic E-state index is 13.4. The van der Waals surface area contributed by atoms with Crippen LogP contribution >= 0.6 is 0 Å². The second kappa shape index (κ2) is 11.6. The minimum atomic E-state index is -4.40. The van der Waals surface area contributed by atoms with Gasteiger partial charge in [0, 0.05) is 18.2 Å². The highest BCUT2D eigenvalue weighted by atomic mass is 32.2. The quantitative estimate of drug-likeness (QED) is 0.333. The third-order valence-corrected chi connectivity index (χ3v) is 8.11. The van der Waals surface area contributed by atoms with E-state index in [0.717, 1.165) is 6.07 Å². The van der Waals surface area contributed by atoms with Crippen LogP contribution in [0.3, 0.4) is 0 Å². The molecule has 0 atom stereocenters. The molecule has 0 unspecified atom stereocenters. The predicted octanol–water partition coefficient (Wildman–Crippen LogP) is 3.34. The molecule has 0 radical (unpaired) electrons. The molecule has 0 aromatic heterocycles. The first-order valence-corrected chi connectivity index (χ1v) is 13.8. The summed E-state index contributed by atoms with van der Waals surface area (Å²) in [6.07, 6.45) is 0. The topological polar surface area (TPSA) is 148 Å². The normalized spacial score (nSPS) is 11.3. The Labute approximate surface area is 221 Å². The van der Waals surface area contributed by atoms with Crippen LogP contribution in [0.2, 0.25) is 0 Å². The molecular weight excluding hydrogens is 540 g/mol. The van der Waals surface area contributed by atoms with Gasteiger partial charge >= 0.3 is 0 Å². The van der Waals surface area contributed by atoms with Gasteiger partial charge in [-0.15, -0.1) is 0 Å². The molecule has 38 heavy (non-hydrogen) atoms. The summed E-state index contributed by atoms with van der Waals surface area (Å²) < 4.78 is 89.9. The van der Waals surface area contributed by atoms with Gasteiger partial charge in [-0.05, 0) is 30.3 Å². The molecule has 0 aliphatic heterocycles. The number of ether oxygens (including phenoxy) is 6. The standard InChI is InChI=1S/C24H28N2O10S2/c1-31-15-7-9-17(19(11-15)33-3)25-37(27,28)23-14-24(22(36-6)13-21(23)35-5)38(29,30)26-18-10-8-16(32-2)12-20(18)34-4/h7-14,25-26H,1-6H3. The SMILES string of the molecule is COc1ccc(NS(=O)(=O)c2cc(S(=O)(=O)Nc3ccc(OC)cc3OC)c(OC)cc2OC)c(OC)c1. The maximum Gasteiger partial charge on any atom is 0.265 e. The lowest BCUT2D eigenvalue weighted by Crippen LogP contribution is -2.18. The molecular formula is C24H28N2O10S2. The lowest BCUT2D eigenvalue weighted by molar-refractivity contribution is 0.379. The Bertz CT molecular complexity index is 1410. The summed E-state index contributed by atoms with van der Waals surface area (Å²) in [6.45, 7) is 0. The highest BCUT2D eigenvalue weighted by Gasteiger charge is 2.29. The van der Waals surface area contributed by atoms with Crippen LogP contribution in [0.4, 0.5) is 11.4 Å². The van der Waals surface area contributed by atoms with Crippen molar-refractivity contribution in [3.05, 3.63) is 48.5 Å². The molecule has 206 valence electrons. The molecule has 0 fully saturated rings. The van der Waals surface area contributed by atoms with Crippen molar-refractivity contribution in [2.75, 3.05) is 52.1 Å². The van der Waals surface area contributed by atoms with Gasteiger partial charge in [0.05, 0.1) is 54.0 Å². The number of benzene rings is 3. The highest BCUT2D eigenvalue weighted by molar-refractivity contribution is 7.93. The van der Waals surface area contributed by atoms with E-state index in [1.54, 1.807) is 0 Å². The lowest BCUT2D eigenvalue weighted by atomic mass is 10.3. The van der Waals surface area contributed by atoms with Gasteiger partial charge in [0.25, 0.3) is 20.0 Å². The van der Waals surface area contributed by atoms with Gasteiger partial charge in [0.15, 0.2) is 0 Å². The van der Waals surface area contributed by atoms with Crippen LogP contribution in [0.5, 0.6) is 34.5 Å². The Hall–Kier alpha value is -4.04. The zero-order valence-corrected chi connectivity index (χ0v) is 23.2. The fourth-order valence-electron chi connectivity index (χ4n) is 3.43. The van der Waals surface area contributed by atoms with Crippen molar-refractivity contribution >= 4 is 31.4 Å². The first kappa shape index (κ1) is 28.5. The number of hydrogen-bond donors (Lipinski definition) is 2. The third kappa shape index (κ3) is 5.92. The van der Waals surface area contributed by atoms with E-state index in [2.05, 4.69) is 9.44 Å². The van der Waals surface area contributed by atoms with E-state index in [9.17, 15) is 16.8 Å². The van der Waals surface area contributed by atoms with Crippen molar-refractivity contribution in [2.45, 2.75) is 9.79 Å². The minimum Gasteiger partial charge on any atom is -0.497 e. The van der Waals surface area contributed by atoms with Crippen LogP contribution in [0, 0.1) is 0 Å². The number of sulfonamides is 2. The molecule has 0 bridgehead atoms. The molecule has 14 heteroatoms. The summed E-state index contributed by atoms with van der Waals surface area (Å²) in [5, 5.41) is 0. The van der Waals surface area contributed by atoms with E-state index in [-0.39, 0.29) is 34.4 Å². The number of rotatable bonds is 12. The zero-order chi connectivity index (χ0) is 28.1. The molecule has 3 rings (SSSR count). The molecule has 0 saturated heterocycles. The van der Waals surface area contributed by atoms with Crippen molar-refractivity contribution < 1.29 is 45.3 Å². The smallest absolute Gasteiger partial charge is 0.265 e. The second-order valence-corrected chi connectivity index (χ2v) is 10.8. The van der Waals surface area contributed by atoms with E-state index in [1.807, 2.05) is 0 Å². The monoisotopic (exact) mass is 568 g/mol. The van der Waals surface area contributed by atoms with Crippen LogP contribution < -0.4 is 37.9 Å². The maximum atomic E-state index is 13.4. The average Bonchev–Trinajstić information content (AvgIpc) is 2.92. The molecule has 0 aliphatic carbocycles. The van der Waals surface area contributed by atoms with Crippen LogP contribution in [0.15, 0.2) is 58.3 Å². The molecule has 0 spiro atoms. The number of nitrogens with one attached hydrogen (secondary N) is 2. The first-order valence-electron chi connectivity index (χ1n) is 10.8. The van der Waals surface area contributed by atoms with Crippen LogP contribution in [0.25, 0.3) is 0 Å². The van der Waals surface area contributed by atoms with E-state index < -0.39 is 29.8 Å². The molecule has 0 aliphatic rings. The summed E-state index contributed by atoms with van der Waals surface area (Å²) in [6, 6.07) is 11.0. The van der Waals surface area contributed by atoms with Gasteiger partial charge in [-0.1, -0.05) is 0 Å². The molecule has 0 amide bonds. The second-order valence-electron chi connectivity index (χ2n) is 7.50. The van der Waals surface area contributed by atoms with Crippen molar-refractivity contribution in [3.8, 4) is 34.5 Å². The van der Waals surface area contributed by atoms with Crippen molar-refractivity contribution in [1.82, 2.24) is 0 Å². The molecule has 0 heterocycles. The minimum absolute atomic E-state index is 0.0941. The molecule has 12 nitrogen and oxygen atoms in total. The Morgan fingerprint density at radius 1 is 0.474 bits per heavy atom. The Kier molecular flexibility index (Phi) is 8.68. The Balaban J connectivity index is 2.11. The summed E-state index contributed by atoms with van der Waals surface area (Å²) in [5.74, 6) is 0.953. The Morgan fingerprint density at radius 3 is 1.16 bits per heavy atom. The fraction of sp³-hybridized carbons (Fsp3) is 0.250. The first-order chi connectivity index (χ1) is 18.0. The average molecular weight is 569 g/mol. The third-order valence-electron chi connectivity index (χ3n) is 5.33. The van der Waals surface area contributed by atoms with Gasteiger partial charge < -0.3 is 28.4 Å². The van der Waals surface area contributed by atoms with Crippen molar-refractivity contribution in [2.24, 2.45) is 0 Å². The van der Waals surface area contributed by atoms with Gasteiger partial charge in [0.2, 0.25) is 0 Å². The largest absolute Gasteiger partial charge is 0.497 e. The molecule has 0 saturated carbocycles. The van der Waals surface area contributed by atoms with Gasteiger partial charge in [0.1, 0.15) is 44.3 Å². The lowest BCUT2D eigenvalue weighted by Gasteiger charge is -2.18. The van der Waals surface area contributed by atoms with Crippen LogP contribution in [0.1, 0.15) is 0 Å². The Morgan fingerprint density at radius 2 is 0.842 bits per heavy atom. The van der Waals surface area contributed by atoms with E-state index in [1.165, 1.54) is 85.1 Å². The number of methoxy groups -OCH3 is 6. The zero-order valence-electron chi connectivity index (χ0n) is 21.5. The van der Waals surface area contributed by atoms with Gasteiger partial charge in [-0.2, -0.15) is 0 Å². The van der Waals surface area contributed by atoms with Gasteiger partial charge in [-0.25, -0.2) is 16.8 Å². The molecule has 3 aromatic rings. The van der Waals surface area contributed by atoms with Crippen LogP contribution in [-0.4, -0.2) is 59.5 Å². The van der Waals surface area contributed by atoms with Gasteiger partial charge in [-0.3, -0.25) is 9.44 Å². The van der Waals surface area contributed by atoms with Crippen molar-refractivity contribution in [1.29, 1.82) is 0 Å². The van der Waals surface area contributed by atoms with E-state index in [0.29, 0.717) is 11.5 Å². The predicted molar refractivity (Wildman–Crippen MR) is 140 cm³/mol. The van der Waals surface area contributed by atoms with E-state index >= 15 is 0 Å². The van der Waals surface area contributed by atoms with Crippen LogP contribution in [-0.2, 0) is 20.0 Å². The number of hydrogen-bond acceptors (Lipinski definition) is 10. The molecule has 3 aromatic carbocycles. The van der Waals surface area contributed by atoms with E-state index in [4.69, 9.17) is 28.4 Å². The summed E-state index contributed by atoms with van der Waals surface area (Å²) in [5.41, 5.74) is 0.188. The highest BCUT2D eigenvalue weighted by Crippen LogP contribution is 2.39.